The van der Waals surface area contributed by atoms with Crippen molar-refractivity contribution in [1.82, 2.24) is 0 Å². The van der Waals surface area contributed by atoms with Gasteiger partial charge in [-0.2, -0.15) is 0 Å². The molecule has 0 bridgehead atoms. The first-order chi connectivity index (χ1) is 11.5. The Hall–Kier alpha value is -2.60. The van der Waals surface area contributed by atoms with Crippen molar-refractivity contribution < 1.29 is 14.5 Å². The molecule has 0 aliphatic carbocycles. The van der Waals surface area contributed by atoms with Crippen LogP contribution in [0.4, 0.5) is 11.4 Å². The van der Waals surface area contributed by atoms with Crippen LogP contribution in [0.5, 0.6) is 5.75 Å². The predicted molar refractivity (Wildman–Crippen MR) is 90.6 cm³/mol. The molecule has 1 aliphatic heterocycles. The number of hydrogen-bond acceptors (Lipinski definition) is 4. The van der Waals surface area contributed by atoms with E-state index in [1.54, 1.807) is 37.3 Å². The molecule has 0 aromatic heterocycles. The van der Waals surface area contributed by atoms with E-state index in [9.17, 15) is 14.9 Å². The second kappa shape index (κ2) is 6.49. The number of nitrogens with zero attached hydrogens (tertiary/aromatic N) is 1. The highest BCUT2D eigenvalue weighted by atomic mass is 35.5. The van der Waals surface area contributed by atoms with E-state index in [-0.39, 0.29) is 24.1 Å². The van der Waals surface area contributed by atoms with Crippen molar-refractivity contribution in [2.75, 3.05) is 11.9 Å². The third kappa shape index (κ3) is 3.19. The van der Waals surface area contributed by atoms with Crippen LogP contribution in [0.1, 0.15) is 11.1 Å². The number of nitrogens with one attached hydrogen (secondary N) is 1. The summed E-state index contributed by atoms with van der Waals surface area (Å²) in [7, 11) is 0. The lowest BCUT2D eigenvalue weighted by Crippen LogP contribution is -2.32. The van der Waals surface area contributed by atoms with Crippen LogP contribution in [0.2, 0.25) is 5.02 Å². The summed E-state index contributed by atoms with van der Waals surface area (Å²) in [5, 5.41) is 14.3. The van der Waals surface area contributed by atoms with E-state index in [1.807, 2.05) is 0 Å². The maximum absolute atomic E-state index is 12.5. The van der Waals surface area contributed by atoms with Gasteiger partial charge in [0, 0.05) is 11.1 Å². The molecule has 1 atom stereocenters. The number of halogens is 1. The van der Waals surface area contributed by atoms with Crippen LogP contribution in [0.25, 0.3) is 0 Å². The minimum atomic E-state index is -0.465. The molecule has 1 amide bonds. The molecule has 6 nitrogen and oxygen atoms in total. The molecular formula is C17H15ClN2O4. The zero-order chi connectivity index (χ0) is 17.3. The molecule has 7 heteroatoms. The standard InChI is InChI=1S/C17H15ClN2O4/c1-10-14(3-2-4-15(10)20(22)23)19-17(21)12-7-11-8-13(18)5-6-16(11)24-9-12/h2-6,8,12H,7,9H2,1H3,(H,19,21)/t12-/m0/s1. The molecule has 0 saturated carbocycles. The van der Waals surface area contributed by atoms with Gasteiger partial charge in [0.05, 0.1) is 22.1 Å². The average Bonchev–Trinajstić information content (AvgIpc) is 2.55. The zero-order valence-electron chi connectivity index (χ0n) is 12.9. The fourth-order valence-electron chi connectivity index (χ4n) is 2.72. The van der Waals surface area contributed by atoms with Gasteiger partial charge in [-0.15, -0.1) is 0 Å². The van der Waals surface area contributed by atoms with Crippen LogP contribution in [0.15, 0.2) is 36.4 Å². The van der Waals surface area contributed by atoms with Gasteiger partial charge in [-0.25, -0.2) is 0 Å². The molecule has 3 rings (SSSR count). The number of carbonyl (C=O) groups is 1. The molecule has 1 heterocycles. The highest BCUT2D eigenvalue weighted by Crippen LogP contribution is 2.31. The Morgan fingerprint density at radius 1 is 1.38 bits per heavy atom. The highest BCUT2D eigenvalue weighted by Gasteiger charge is 2.27. The summed E-state index contributed by atoms with van der Waals surface area (Å²) in [4.78, 5) is 23.0. The Morgan fingerprint density at radius 2 is 2.17 bits per heavy atom. The molecule has 0 unspecified atom stereocenters. The van der Waals surface area contributed by atoms with Crippen molar-refractivity contribution in [3.05, 3.63) is 62.7 Å². The third-order valence-corrected chi connectivity index (χ3v) is 4.29. The van der Waals surface area contributed by atoms with Gasteiger partial charge in [0.25, 0.3) is 5.69 Å². The molecule has 0 fully saturated rings. The molecule has 24 heavy (non-hydrogen) atoms. The van der Waals surface area contributed by atoms with E-state index in [1.165, 1.54) is 6.07 Å². The molecule has 124 valence electrons. The number of amides is 1. The van der Waals surface area contributed by atoms with E-state index in [2.05, 4.69) is 5.32 Å². The Morgan fingerprint density at radius 3 is 2.92 bits per heavy atom. The molecule has 1 N–H and O–H groups in total. The number of anilines is 1. The summed E-state index contributed by atoms with van der Waals surface area (Å²) in [5.41, 5.74) is 1.72. The number of nitro benzene ring substituents is 1. The molecule has 0 saturated heterocycles. The number of ether oxygens (including phenoxy) is 1. The Labute approximate surface area is 143 Å². The van der Waals surface area contributed by atoms with Gasteiger partial charge in [-0.3, -0.25) is 14.9 Å². The van der Waals surface area contributed by atoms with Crippen LogP contribution in [-0.4, -0.2) is 17.4 Å². The Kier molecular flexibility index (Phi) is 4.40. The summed E-state index contributed by atoms with van der Waals surface area (Å²) in [6.45, 7) is 1.87. The van der Waals surface area contributed by atoms with Crippen LogP contribution < -0.4 is 10.1 Å². The lowest BCUT2D eigenvalue weighted by molar-refractivity contribution is -0.385. The minimum Gasteiger partial charge on any atom is -0.492 e. The molecule has 2 aromatic carbocycles. The third-order valence-electron chi connectivity index (χ3n) is 4.06. The van der Waals surface area contributed by atoms with Crippen molar-refractivity contribution in [1.29, 1.82) is 0 Å². The smallest absolute Gasteiger partial charge is 0.274 e. The molecule has 0 spiro atoms. The maximum atomic E-state index is 12.5. The average molecular weight is 347 g/mol. The SMILES string of the molecule is Cc1c(NC(=O)[C@@H]2COc3ccc(Cl)cc3C2)cccc1[N+](=O)[O-]. The molecular weight excluding hydrogens is 332 g/mol. The van der Waals surface area contributed by atoms with E-state index < -0.39 is 4.92 Å². The highest BCUT2D eigenvalue weighted by molar-refractivity contribution is 6.30. The second-order valence-corrected chi connectivity index (χ2v) is 6.10. The van der Waals surface area contributed by atoms with Gasteiger partial charge in [-0.1, -0.05) is 17.7 Å². The number of nitro groups is 1. The van der Waals surface area contributed by atoms with Crippen molar-refractivity contribution in [3.8, 4) is 5.75 Å². The molecule has 1 aliphatic rings. The van der Waals surface area contributed by atoms with Gasteiger partial charge in [0.1, 0.15) is 12.4 Å². The van der Waals surface area contributed by atoms with Gasteiger partial charge >= 0.3 is 0 Å². The normalized spacial score (nSPS) is 16.0. The minimum absolute atomic E-state index is 0.0233. The summed E-state index contributed by atoms with van der Waals surface area (Å²) in [6.07, 6.45) is 0.510. The van der Waals surface area contributed by atoms with E-state index in [0.29, 0.717) is 22.7 Å². The zero-order valence-corrected chi connectivity index (χ0v) is 13.7. The summed E-state index contributed by atoms with van der Waals surface area (Å²) >= 11 is 5.98. The largest absolute Gasteiger partial charge is 0.492 e. The summed E-state index contributed by atoms with van der Waals surface area (Å²) < 4.78 is 5.61. The van der Waals surface area contributed by atoms with Gasteiger partial charge in [0.15, 0.2) is 0 Å². The lowest BCUT2D eigenvalue weighted by atomic mass is 9.96. The van der Waals surface area contributed by atoms with E-state index in [4.69, 9.17) is 16.3 Å². The van der Waals surface area contributed by atoms with Crippen LogP contribution in [0, 0.1) is 23.0 Å². The maximum Gasteiger partial charge on any atom is 0.274 e. The van der Waals surface area contributed by atoms with Crippen molar-refractivity contribution >= 4 is 28.9 Å². The predicted octanol–water partition coefficient (Wildman–Crippen LogP) is 3.75. The topological polar surface area (TPSA) is 81.5 Å². The van der Waals surface area contributed by atoms with E-state index in [0.717, 1.165) is 11.3 Å². The van der Waals surface area contributed by atoms with Gasteiger partial charge < -0.3 is 10.1 Å². The van der Waals surface area contributed by atoms with Gasteiger partial charge in [-0.05, 0) is 43.2 Å². The number of benzene rings is 2. The van der Waals surface area contributed by atoms with Crippen molar-refractivity contribution in [3.63, 3.8) is 0 Å². The first kappa shape index (κ1) is 16.3. The summed E-state index contributed by atoms with van der Waals surface area (Å²) in [5.74, 6) is 0.119. The van der Waals surface area contributed by atoms with E-state index >= 15 is 0 Å². The fourth-order valence-corrected chi connectivity index (χ4v) is 2.92. The Bertz CT molecular complexity index is 822. The van der Waals surface area contributed by atoms with Crippen molar-refractivity contribution in [2.24, 2.45) is 5.92 Å². The van der Waals surface area contributed by atoms with Crippen LogP contribution >= 0.6 is 11.6 Å². The fraction of sp³-hybridized carbons (Fsp3) is 0.235. The number of carbonyl (C=O) groups excluding carboxylic acids is 1. The molecule has 2 aromatic rings. The molecule has 0 radical (unpaired) electrons. The monoisotopic (exact) mass is 346 g/mol. The van der Waals surface area contributed by atoms with Crippen LogP contribution in [-0.2, 0) is 11.2 Å². The first-order valence-electron chi connectivity index (χ1n) is 7.42. The lowest BCUT2D eigenvalue weighted by Gasteiger charge is -2.25. The quantitative estimate of drug-likeness (QED) is 0.678. The number of rotatable bonds is 3. The second-order valence-electron chi connectivity index (χ2n) is 5.66. The first-order valence-corrected chi connectivity index (χ1v) is 7.79. The Balaban J connectivity index is 1.77. The summed E-state index contributed by atoms with van der Waals surface area (Å²) in [6, 6.07) is 9.92. The van der Waals surface area contributed by atoms with Crippen molar-refractivity contribution in [2.45, 2.75) is 13.3 Å². The van der Waals surface area contributed by atoms with Gasteiger partial charge in [0.2, 0.25) is 5.91 Å². The number of fused-ring (bicyclic) bond motifs is 1. The number of hydrogen-bond donors (Lipinski definition) is 1. The van der Waals surface area contributed by atoms with Crippen LogP contribution in [0.3, 0.4) is 0 Å².